The number of phenols is 1. The number of nitrogens with two attached hydrogens (primary N) is 1. The maximum Gasteiger partial charge on any atom is 0.255 e. The lowest BCUT2D eigenvalue weighted by molar-refractivity contribution is -0.123. The second kappa shape index (κ2) is 18.9. The Morgan fingerprint density at radius 1 is 0.772 bits per heavy atom. The second-order valence-electron chi connectivity index (χ2n) is 13.4. The zero-order valence-corrected chi connectivity index (χ0v) is 31.2. The first-order valence-corrected chi connectivity index (χ1v) is 18.1. The highest BCUT2D eigenvalue weighted by molar-refractivity contribution is 6.08. The van der Waals surface area contributed by atoms with Crippen molar-refractivity contribution >= 4 is 52.5 Å². The Kier molecular flexibility index (Phi) is 13.5. The van der Waals surface area contributed by atoms with E-state index in [9.17, 15) is 33.9 Å². The molecule has 6 amide bonds. The average molecular weight is 775 g/mol. The van der Waals surface area contributed by atoms with Gasteiger partial charge >= 0.3 is 0 Å². The maximum absolute atomic E-state index is 13.3. The molecule has 0 aliphatic carbocycles. The van der Waals surface area contributed by atoms with Gasteiger partial charge in [-0.15, -0.1) is 0 Å². The molecule has 0 aromatic heterocycles. The summed E-state index contributed by atoms with van der Waals surface area (Å²) in [5.41, 5.74) is 7.20. The summed E-state index contributed by atoms with van der Waals surface area (Å²) in [5.74, 6) is -4.21. The number of hydrogen-bond donors (Lipinski definition) is 8. The van der Waals surface area contributed by atoms with Crippen molar-refractivity contribution in [2.75, 3.05) is 29.0 Å². The van der Waals surface area contributed by atoms with E-state index in [0.29, 0.717) is 16.8 Å². The van der Waals surface area contributed by atoms with Crippen LogP contribution in [0, 0.1) is 11.3 Å². The van der Waals surface area contributed by atoms with Gasteiger partial charge in [-0.2, -0.15) is 5.26 Å². The highest BCUT2D eigenvalue weighted by atomic mass is 16.5. The number of anilines is 3. The molecule has 1 aliphatic heterocycles. The third-order valence-corrected chi connectivity index (χ3v) is 8.78. The lowest BCUT2D eigenvalue weighted by Gasteiger charge is -2.24. The molecule has 0 saturated carbocycles. The zero-order valence-electron chi connectivity index (χ0n) is 31.2. The summed E-state index contributed by atoms with van der Waals surface area (Å²) in [4.78, 5) is 77.0. The molecule has 1 saturated heterocycles. The summed E-state index contributed by atoms with van der Waals surface area (Å²) >= 11 is 0. The minimum absolute atomic E-state index is 0.00774. The Bertz CT molecular complexity index is 2180. The summed E-state index contributed by atoms with van der Waals surface area (Å²) in [6, 6.07) is 21.1. The van der Waals surface area contributed by atoms with E-state index in [1.807, 2.05) is 6.07 Å². The third kappa shape index (κ3) is 11.2. The molecule has 9 N–H and O–H groups in total. The summed E-state index contributed by atoms with van der Waals surface area (Å²) in [5, 5.41) is 36.7. The molecule has 4 aromatic rings. The van der Waals surface area contributed by atoms with Gasteiger partial charge in [-0.3, -0.25) is 28.8 Å². The summed E-state index contributed by atoms with van der Waals surface area (Å²) in [6.07, 6.45) is 0.601. The van der Waals surface area contributed by atoms with E-state index in [1.165, 1.54) is 84.9 Å². The van der Waals surface area contributed by atoms with Gasteiger partial charge in [-0.1, -0.05) is 0 Å². The van der Waals surface area contributed by atoms with Crippen molar-refractivity contribution in [3.05, 3.63) is 113 Å². The fourth-order valence-electron chi connectivity index (χ4n) is 5.82. The van der Waals surface area contributed by atoms with Crippen molar-refractivity contribution in [2.45, 2.75) is 51.3 Å². The molecule has 57 heavy (non-hydrogen) atoms. The van der Waals surface area contributed by atoms with Crippen LogP contribution in [0.2, 0.25) is 0 Å². The van der Waals surface area contributed by atoms with Crippen molar-refractivity contribution in [3.8, 4) is 17.6 Å². The predicted molar refractivity (Wildman–Crippen MR) is 211 cm³/mol. The number of primary amides is 1. The number of amides is 6. The zero-order chi connectivity index (χ0) is 41.1. The number of nitriles is 1. The van der Waals surface area contributed by atoms with E-state index in [2.05, 4.69) is 31.9 Å². The molecule has 4 aromatic carbocycles. The van der Waals surface area contributed by atoms with Crippen LogP contribution < -0.4 is 42.4 Å². The first-order valence-electron chi connectivity index (χ1n) is 18.1. The minimum atomic E-state index is -1.36. The van der Waals surface area contributed by atoms with E-state index < -0.39 is 59.8 Å². The number of aromatic hydroxyl groups is 1. The van der Waals surface area contributed by atoms with Crippen LogP contribution in [-0.4, -0.2) is 71.8 Å². The number of nitrogens with zero attached hydrogens (tertiary/aromatic N) is 1. The first kappa shape index (κ1) is 40.9. The average Bonchev–Trinajstić information content (AvgIpc) is 3.19. The number of carbonyl (C=O) groups is 6. The molecule has 16 nitrogen and oxygen atoms in total. The molecule has 0 unspecified atom stereocenters. The standard InChI is InChI=1S/C41H42N8O8/c1-23(2)57-36-32(16-15-31(35(36)51)40(55)46-30-17-19-44-20-18-30)48-38(53)26-9-13-29(14-10-26)47-41(56)33(21-34(43)50)49-39(54)27-7-11-28(12-8-27)45-37(52)25-5-3-24(22-42)4-6-25/h3-16,23,30,33,44,51H,17-21H2,1-2H3,(H2,43,50)(H,45,52)(H,46,55)(H,47,56)(H,48,53)(H,49,54)/t33-/m0/s1. The van der Waals surface area contributed by atoms with E-state index in [1.54, 1.807) is 13.8 Å². The number of hydrogen-bond acceptors (Lipinski definition) is 10. The van der Waals surface area contributed by atoms with Gasteiger partial charge in [0.15, 0.2) is 11.5 Å². The van der Waals surface area contributed by atoms with Gasteiger partial charge in [0.05, 0.1) is 35.4 Å². The van der Waals surface area contributed by atoms with Crippen molar-refractivity contribution in [3.63, 3.8) is 0 Å². The molecule has 294 valence electrons. The molecule has 1 fully saturated rings. The number of nitrogens with one attached hydrogen (secondary N) is 6. The van der Waals surface area contributed by atoms with E-state index in [4.69, 9.17) is 15.7 Å². The molecule has 5 rings (SSSR count). The van der Waals surface area contributed by atoms with Gasteiger partial charge in [-0.05, 0) is 125 Å². The molecule has 1 aliphatic rings. The highest BCUT2D eigenvalue weighted by Crippen LogP contribution is 2.39. The van der Waals surface area contributed by atoms with Gasteiger partial charge in [0.1, 0.15) is 6.04 Å². The molecule has 1 atom stereocenters. The van der Waals surface area contributed by atoms with Crippen LogP contribution in [0.3, 0.4) is 0 Å². The topological polar surface area (TPSA) is 254 Å². The van der Waals surface area contributed by atoms with Gasteiger partial charge in [0.2, 0.25) is 11.8 Å². The third-order valence-electron chi connectivity index (χ3n) is 8.78. The normalized spacial score (nSPS) is 13.0. The Labute approximate surface area is 328 Å². The summed E-state index contributed by atoms with van der Waals surface area (Å²) in [6.45, 7) is 5.02. The Morgan fingerprint density at radius 2 is 1.32 bits per heavy atom. The number of ether oxygens (including phenoxy) is 1. The van der Waals surface area contributed by atoms with E-state index >= 15 is 0 Å². The molecule has 0 bridgehead atoms. The number of piperidine rings is 1. The minimum Gasteiger partial charge on any atom is -0.504 e. The fraction of sp³-hybridized carbons (Fsp3) is 0.244. The van der Waals surface area contributed by atoms with Crippen LogP contribution in [0.25, 0.3) is 0 Å². The van der Waals surface area contributed by atoms with Crippen molar-refractivity contribution in [1.82, 2.24) is 16.0 Å². The van der Waals surface area contributed by atoms with Crippen LogP contribution in [0.4, 0.5) is 17.1 Å². The Hall–Kier alpha value is -7.25. The smallest absolute Gasteiger partial charge is 0.255 e. The van der Waals surface area contributed by atoms with Crippen molar-refractivity contribution in [1.29, 1.82) is 5.26 Å². The lowest BCUT2D eigenvalue weighted by atomic mass is 10.1. The van der Waals surface area contributed by atoms with Crippen LogP contribution >= 0.6 is 0 Å². The monoisotopic (exact) mass is 774 g/mol. The second-order valence-corrected chi connectivity index (χ2v) is 13.4. The Morgan fingerprint density at radius 3 is 1.88 bits per heavy atom. The van der Waals surface area contributed by atoms with Crippen LogP contribution in [0.15, 0.2) is 84.9 Å². The van der Waals surface area contributed by atoms with E-state index in [-0.39, 0.29) is 39.9 Å². The molecule has 1 heterocycles. The molecule has 0 radical (unpaired) electrons. The van der Waals surface area contributed by atoms with Crippen LogP contribution in [0.1, 0.15) is 80.1 Å². The van der Waals surface area contributed by atoms with Crippen LogP contribution in [0.5, 0.6) is 11.5 Å². The largest absolute Gasteiger partial charge is 0.504 e. The van der Waals surface area contributed by atoms with Gasteiger partial charge in [0.25, 0.3) is 23.6 Å². The summed E-state index contributed by atoms with van der Waals surface area (Å²) in [7, 11) is 0. The SMILES string of the molecule is CC(C)Oc1c(NC(=O)c2ccc(NC(=O)[C@H](CC(N)=O)NC(=O)c3ccc(NC(=O)c4ccc(C#N)cc4)cc3)cc2)ccc(C(=O)NC2CCNCC2)c1O. The lowest BCUT2D eigenvalue weighted by Crippen LogP contribution is -2.46. The van der Waals surface area contributed by atoms with Crippen molar-refractivity contribution in [2.24, 2.45) is 5.73 Å². The fourth-order valence-corrected chi connectivity index (χ4v) is 5.82. The number of carbonyl (C=O) groups excluding carboxylic acids is 6. The quantitative estimate of drug-likeness (QED) is 0.0923. The van der Waals surface area contributed by atoms with Gasteiger partial charge in [-0.25, -0.2) is 0 Å². The van der Waals surface area contributed by atoms with Crippen LogP contribution in [-0.2, 0) is 9.59 Å². The first-order chi connectivity index (χ1) is 27.3. The molecule has 16 heteroatoms. The summed E-state index contributed by atoms with van der Waals surface area (Å²) < 4.78 is 5.81. The van der Waals surface area contributed by atoms with Gasteiger partial charge < -0.3 is 47.5 Å². The van der Waals surface area contributed by atoms with Gasteiger partial charge in [0, 0.05) is 34.1 Å². The number of phenolic OH excluding ortho intramolecular Hbond substituents is 1. The Balaban J connectivity index is 1.20. The highest BCUT2D eigenvalue weighted by Gasteiger charge is 2.26. The molecular weight excluding hydrogens is 732 g/mol. The predicted octanol–water partition coefficient (Wildman–Crippen LogP) is 3.65. The van der Waals surface area contributed by atoms with Crippen molar-refractivity contribution < 1.29 is 38.6 Å². The molecular formula is C41H42N8O8. The number of rotatable bonds is 14. The number of benzene rings is 4. The molecule has 0 spiro atoms. The van der Waals surface area contributed by atoms with E-state index in [0.717, 1.165) is 25.9 Å². The maximum atomic E-state index is 13.3.